The minimum atomic E-state index is -0.562. The van der Waals surface area contributed by atoms with Crippen LogP contribution in [0, 0.1) is 11.8 Å². The Morgan fingerprint density at radius 2 is 1.89 bits per heavy atom. The van der Waals surface area contributed by atoms with E-state index in [1.54, 1.807) is 7.11 Å². The lowest BCUT2D eigenvalue weighted by Gasteiger charge is -2.39. The second kappa shape index (κ2) is 15.2. The van der Waals surface area contributed by atoms with E-state index >= 15 is 0 Å². The van der Waals surface area contributed by atoms with Crippen LogP contribution < -0.4 is 5.32 Å². The van der Waals surface area contributed by atoms with Gasteiger partial charge in [0.1, 0.15) is 12.8 Å². The number of piperidine rings is 1. The van der Waals surface area contributed by atoms with Crippen molar-refractivity contribution in [3.63, 3.8) is 0 Å². The van der Waals surface area contributed by atoms with E-state index in [4.69, 9.17) is 9.47 Å². The largest absolute Gasteiger partial charge is 0.359 e. The number of ether oxygens (including phenoxy) is 2. The molecule has 3 unspecified atom stereocenters. The standard InChI is InChI=1S/C28H47N3O4/c1-7-22(4)26(29-27(32)25-15-11-12-17-30(25)5)28(33)31(19-23-13-9-8-10-14-23)24(21(2)3)16-18-35-20-34-6/h8-10,13-14,21-22,24-26H,7,11-12,15-20H2,1-6H3,(H,29,32)/t22?,24-,25?,26?/m1/s1. The number of benzene rings is 1. The molecule has 35 heavy (non-hydrogen) atoms. The van der Waals surface area contributed by atoms with Crippen LogP contribution in [0.1, 0.15) is 65.4 Å². The summed E-state index contributed by atoms with van der Waals surface area (Å²) in [5.41, 5.74) is 1.07. The third-order valence-corrected chi connectivity index (χ3v) is 7.26. The molecule has 1 aromatic carbocycles. The number of amides is 2. The van der Waals surface area contributed by atoms with Crippen LogP contribution in [-0.2, 0) is 25.6 Å². The van der Waals surface area contributed by atoms with Gasteiger partial charge in [-0.1, -0.05) is 70.9 Å². The van der Waals surface area contributed by atoms with E-state index in [1.807, 2.05) is 42.3 Å². The molecule has 0 saturated carbocycles. The number of carbonyl (C=O) groups excluding carboxylic acids is 2. The smallest absolute Gasteiger partial charge is 0.245 e. The Morgan fingerprint density at radius 1 is 1.17 bits per heavy atom. The van der Waals surface area contributed by atoms with Gasteiger partial charge in [-0.25, -0.2) is 0 Å². The van der Waals surface area contributed by atoms with Gasteiger partial charge in [0.05, 0.1) is 12.6 Å². The highest BCUT2D eigenvalue weighted by molar-refractivity contribution is 5.90. The van der Waals surface area contributed by atoms with Gasteiger partial charge >= 0.3 is 0 Å². The lowest BCUT2D eigenvalue weighted by atomic mass is 9.93. The minimum absolute atomic E-state index is 0.0135. The van der Waals surface area contributed by atoms with Gasteiger partial charge in [-0.2, -0.15) is 0 Å². The maximum Gasteiger partial charge on any atom is 0.245 e. The number of nitrogens with zero attached hydrogens (tertiary/aromatic N) is 2. The van der Waals surface area contributed by atoms with Crippen LogP contribution >= 0.6 is 0 Å². The predicted octanol–water partition coefficient (Wildman–Crippen LogP) is 4.07. The molecule has 7 nitrogen and oxygen atoms in total. The van der Waals surface area contributed by atoms with Crippen LogP contribution in [0.25, 0.3) is 0 Å². The van der Waals surface area contributed by atoms with Gasteiger partial charge < -0.3 is 19.7 Å². The van der Waals surface area contributed by atoms with Crippen LogP contribution in [-0.4, -0.2) is 73.8 Å². The summed E-state index contributed by atoms with van der Waals surface area (Å²) in [5, 5.41) is 3.18. The molecule has 0 aliphatic carbocycles. The van der Waals surface area contributed by atoms with Gasteiger partial charge in [0.25, 0.3) is 0 Å². The molecular weight excluding hydrogens is 442 g/mol. The summed E-state index contributed by atoms with van der Waals surface area (Å²) in [6.45, 7) is 10.6. The summed E-state index contributed by atoms with van der Waals surface area (Å²) in [4.78, 5) is 31.6. The summed E-state index contributed by atoms with van der Waals surface area (Å²) in [7, 11) is 3.61. The topological polar surface area (TPSA) is 71.1 Å². The normalized spacial score (nSPS) is 19.2. The van der Waals surface area contributed by atoms with E-state index in [0.29, 0.717) is 19.6 Å². The fourth-order valence-corrected chi connectivity index (χ4v) is 4.85. The molecule has 1 aromatic rings. The van der Waals surface area contributed by atoms with Crippen molar-refractivity contribution in [2.45, 2.75) is 84.5 Å². The third-order valence-electron chi connectivity index (χ3n) is 7.26. The van der Waals surface area contributed by atoms with E-state index < -0.39 is 6.04 Å². The molecule has 1 aliphatic heterocycles. The van der Waals surface area contributed by atoms with Gasteiger partial charge in [-0.3, -0.25) is 14.5 Å². The van der Waals surface area contributed by atoms with Crippen molar-refractivity contribution in [1.82, 2.24) is 15.1 Å². The van der Waals surface area contributed by atoms with Crippen molar-refractivity contribution in [3.05, 3.63) is 35.9 Å². The molecule has 1 aliphatic rings. The Bertz CT molecular complexity index is 758. The average molecular weight is 490 g/mol. The molecule has 1 fully saturated rings. The Morgan fingerprint density at radius 3 is 2.49 bits per heavy atom. The Hall–Kier alpha value is -1.96. The van der Waals surface area contributed by atoms with Crippen molar-refractivity contribution < 1.29 is 19.1 Å². The zero-order chi connectivity index (χ0) is 25.8. The minimum Gasteiger partial charge on any atom is -0.359 e. The van der Waals surface area contributed by atoms with Gasteiger partial charge in [-0.15, -0.1) is 0 Å². The molecule has 7 heteroatoms. The quantitative estimate of drug-likeness (QED) is 0.315. The van der Waals surface area contributed by atoms with E-state index in [-0.39, 0.29) is 42.5 Å². The highest BCUT2D eigenvalue weighted by atomic mass is 16.7. The lowest BCUT2D eigenvalue weighted by Crippen LogP contribution is -2.58. The second-order valence-corrected chi connectivity index (χ2v) is 10.2. The van der Waals surface area contributed by atoms with Gasteiger partial charge in [0.2, 0.25) is 11.8 Å². The number of likely N-dealkylation sites (tertiary alicyclic amines) is 1. The number of hydrogen-bond donors (Lipinski definition) is 1. The number of nitrogens with one attached hydrogen (secondary N) is 1. The molecule has 2 amide bonds. The van der Waals surface area contributed by atoms with Gasteiger partial charge in [0, 0.05) is 19.7 Å². The highest BCUT2D eigenvalue weighted by Gasteiger charge is 2.36. The average Bonchev–Trinajstić information content (AvgIpc) is 2.86. The molecule has 0 aromatic heterocycles. The molecule has 2 rings (SSSR count). The van der Waals surface area contributed by atoms with E-state index in [9.17, 15) is 9.59 Å². The van der Waals surface area contributed by atoms with Crippen molar-refractivity contribution in [3.8, 4) is 0 Å². The molecule has 0 radical (unpaired) electrons. The Balaban J connectivity index is 2.31. The first-order valence-electron chi connectivity index (χ1n) is 13.2. The number of hydrogen-bond acceptors (Lipinski definition) is 5. The molecule has 1 heterocycles. The van der Waals surface area contributed by atoms with Crippen LogP contribution in [0.2, 0.25) is 0 Å². The number of likely N-dealkylation sites (N-methyl/N-ethyl adjacent to an activating group) is 1. The van der Waals surface area contributed by atoms with Crippen molar-refractivity contribution in [1.29, 1.82) is 0 Å². The number of carbonyl (C=O) groups is 2. The first-order chi connectivity index (χ1) is 16.8. The first kappa shape index (κ1) is 29.3. The maximum absolute atomic E-state index is 14.2. The Labute approximate surface area is 212 Å². The van der Waals surface area contributed by atoms with E-state index in [0.717, 1.165) is 37.8 Å². The fraction of sp³-hybridized carbons (Fsp3) is 0.714. The number of rotatable bonds is 14. The van der Waals surface area contributed by atoms with Crippen LogP contribution in [0.15, 0.2) is 30.3 Å². The summed E-state index contributed by atoms with van der Waals surface area (Å²) < 4.78 is 10.6. The predicted molar refractivity (Wildman–Crippen MR) is 140 cm³/mol. The zero-order valence-corrected chi connectivity index (χ0v) is 22.7. The molecule has 1 N–H and O–H groups in total. The van der Waals surface area contributed by atoms with Crippen molar-refractivity contribution in [2.75, 3.05) is 34.1 Å². The Kier molecular flexibility index (Phi) is 12.7. The van der Waals surface area contributed by atoms with Crippen LogP contribution in [0.3, 0.4) is 0 Å². The molecule has 0 bridgehead atoms. The molecule has 1 saturated heterocycles. The summed E-state index contributed by atoms with van der Waals surface area (Å²) in [6.07, 6.45) is 4.50. The number of methoxy groups -OCH3 is 1. The highest BCUT2D eigenvalue weighted by Crippen LogP contribution is 2.23. The fourth-order valence-electron chi connectivity index (χ4n) is 4.85. The van der Waals surface area contributed by atoms with Gasteiger partial charge in [0.15, 0.2) is 0 Å². The SMILES string of the molecule is CCC(C)C(NC(=O)C1CCCCN1C)C(=O)N(Cc1ccccc1)[C@H](CCOCOC)C(C)C. The van der Waals surface area contributed by atoms with E-state index in [1.165, 1.54) is 0 Å². The third kappa shape index (κ3) is 8.89. The first-order valence-corrected chi connectivity index (χ1v) is 13.2. The summed E-state index contributed by atoms with van der Waals surface area (Å²) in [6, 6.07) is 9.31. The van der Waals surface area contributed by atoms with Crippen molar-refractivity contribution in [2.24, 2.45) is 11.8 Å². The van der Waals surface area contributed by atoms with Crippen LogP contribution in [0.5, 0.6) is 0 Å². The lowest BCUT2D eigenvalue weighted by molar-refractivity contribution is -0.143. The van der Waals surface area contributed by atoms with Crippen molar-refractivity contribution >= 4 is 11.8 Å². The second-order valence-electron chi connectivity index (χ2n) is 10.2. The molecule has 0 spiro atoms. The van der Waals surface area contributed by atoms with Gasteiger partial charge in [-0.05, 0) is 50.3 Å². The summed E-state index contributed by atoms with van der Waals surface area (Å²) >= 11 is 0. The summed E-state index contributed by atoms with van der Waals surface area (Å²) in [5.74, 6) is 0.207. The zero-order valence-electron chi connectivity index (χ0n) is 22.7. The molecule has 198 valence electrons. The monoisotopic (exact) mass is 489 g/mol. The van der Waals surface area contributed by atoms with Crippen LogP contribution in [0.4, 0.5) is 0 Å². The maximum atomic E-state index is 14.2. The molecular formula is C28H47N3O4. The molecule has 4 atom stereocenters. The van der Waals surface area contributed by atoms with E-state index in [2.05, 4.69) is 37.9 Å².